The molecule has 1 aliphatic rings. The zero-order chi connectivity index (χ0) is 19.6. The minimum atomic E-state index is -0.614. The summed E-state index contributed by atoms with van der Waals surface area (Å²) >= 11 is 3.47. The zero-order valence-corrected chi connectivity index (χ0v) is 17.2. The molecule has 6 heteroatoms. The number of hydrogen-bond donors (Lipinski definition) is 1. The van der Waals surface area contributed by atoms with Crippen LogP contribution in [-0.4, -0.2) is 31.5 Å². The summed E-state index contributed by atoms with van der Waals surface area (Å²) in [6.07, 6.45) is 0.811. The van der Waals surface area contributed by atoms with Gasteiger partial charge in [0, 0.05) is 16.7 Å². The molecule has 142 valence electrons. The fourth-order valence-electron chi connectivity index (χ4n) is 3.33. The second kappa shape index (κ2) is 8.13. The van der Waals surface area contributed by atoms with E-state index in [1.165, 1.54) is 7.11 Å². The second-order valence-corrected chi connectivity index (χ2v) is 7.82. The van der Waals surface area contributed by atoms with Crippen LogP contribution in [0.2, 0.25) is 0 Å². The molecule has 1 heterocycles. The standard InChI is InChI=1S/C21H23BrN2O3/c1-13(2)19(23-20(25)16-6-4-5-7-18(16)27-3)21(26)24-11-10-14-12-15(22)8-9-17(14)24/h4-9,12-13,19H,10-11H2,1-3H3,(H,23,25). The number of nitrogens with one attached hydrogen (secondary N) is 1. The first-order valence-electron chi connectivity index (χ1n) is 8.96. The predicted octanol–water partition coefficient (Wildman–Crippen LogP) is 3.80. The van der Waals surface area contributed by atoms with Crippen molar-refractivity contribution in [3.63, 3.8) is 0 Å². The molecule has 0 fully saturated rings. The van der Waals surface area contributed by atoms with Crippen molar-refractivity contribution in [2.24, 2.45) is 5.92 Å². The molecule has 27 heavy (non-hydrogen) atoms. The van der Waals surface area contributed by atoms with Gasteiger partial charge in [0.25, 0.3) is 5.91 Å². The van der Waals surface area contributed by atoms with Crippen LogP contribution in [0.4, 0.5) is 5.69 Å². The zero-order valence-electron chi connectivity index (χ0n) is 15.7. The average molecular weight is 431 g/mol. The van der Waals surface area contributed by atoms with Crippen molar-refractivity contribution in [3.05, 3.63) is 58.1 Å². The first-order valence-corrected chi connectivity index (χ1v) is 9.75. The molecule has 1 unspecified atom stereocenters. The molecule has 5 nitrogen and oxygen atoms in total. The summed E-state index contributed by atoms with van der Waals surface area (Å²) < 4.78 is 6.27. The Bertz CT molecular complexity index is 866. The van der Waals surface area contributed by atoms with Crippen molar-refractivity contribution in [1.82, 2.24) is 5.32 Å². The molecule has 0 spiro atoms. The van der Waals surface area contributed by atoms with Crippen LogP contribution in [-0.2, 0) is 11.2 Å². The Balaban J connectivity index is 1.82. The number of rotatable bonds is 5. The third-order valence-electron chi connectivity index (χ3n) is 4.77. The summed E-state index contributed by atoms with van der Waals surface area (Å²) in [5.41, 5.74) is 2.47. The Kier molecular flexibility index (Phi) is 5.85. The van der Waals surface area contributed by atoms with E-state index in [0.717, 1.165) is 22.1 Å². The third-order valence-corrected chi connectivity index (χ3v) is 5.27. The lowest BCUT2D eigenvalue weighted by molar-refractivity contribution is -0.121. The Hall–Kier alpha value is -2.34. The van der Waals surface area contributed by atoms with E-state index in [2.05, 4.69) is 21.2 Å². The highest BCUT2D eigenvalue weighted by Gasteiger charge is 2.33. The summed E-state index contributed by atoms with van der Waals surface area (Å²) in [7, 11) is 1.52. The van der Waals surface area contributed by atoms with Crippen LogP contribution in [0.1, 0.15) is 29.8 Å². The summed E-state index contributed by atoms with van der Waals surface area (Å²) in [6, 6.07) is 12.3. The van der Waals surface area contributed by atoms with Crippen molar-refractivity contribution < 1.29 is 14.3 Å². The van der Waals surface area contributed by atoms with Crippen molar-refractivity contribution in [3.8, 4) is 5.75 Å². The summed E-state index contributed by atoms with van der Waals surface area (Å²) in [5.74, 6) is 0.0426. The van der Waals surface area contributed by atoms with Gasteiger partial charge in [0.2, 0.25) is 5.91 Å². The summed E-state index contributed by atoms with van der Waals surface area (Å²) in [5, 5.41) is 2.91. The molecule has 0 radical (unpaired) electrons. The normalized spacial score (nSPS) is 14.0. The van der Waals surface area contributed by atoms with Gasteiger partial charge in [-0.25, -0.2) is 0 Å². The number of anilines is 1. The quantitative estimate of drug-likeness (QED) is 0.784. The largest absolute Gasteiger partial charge is 0.496 e. The van der Waals surface area contributed by atoms with Gasteiger partial charge in [-0.2, -0.15) is 0 Å². The molecule has 0 saturated carbocycles. The van der Waals surface area contributed by atoms with Crippen LogP contribution >= 0.6 is 15.9 Å². The van der Waals surface area contributed by atoms with Gasteiger partial charge in [-0.05, 0) is 48.2 Å². The molecule has 1 N–H and O–H groups in total. The van der Waals surface area contributed by atoms with E-state index in [9.17, 15) is 9.59 Å². The van der Waals surface area contributed by atoms with Crippen LogP contribution in [0, 0.1) is 5.92 Å². The molecule has 1 aliphatic heterocycles. The number of nitrogens with zero attached hydrogens (tertiary/aromatic N) is 1. The topological polar surface area (TPSA) is 58.6 Å². The number of hydrogen-bond acceptors (Lipinski definition) is 3. The Morgan fingerprint density at radius 2 is 1.93 bits per heavy atom. The van der Waals surface area contributed by atoms with E-state index in [-0.39, 0.29) is 17.7 Å². The number of para-hydroxylation sites is 1. The first kappa shape index (κ1) is 19.4. The van der Waals surface area contributed by atoms with Gasteiger partial charge in [-0.3, -0.25) is 9.59 Å². The minimum absolute atomic E-state index is 0.0457. The number of methoxy groups -OCH3 is 1. The maximum atomic E-state index is 13.2. The lowest BCUT2D eigenvalue weighted by Crippen LogP contribution is -2.51. The van der Waals surface area contributed by atoms with Crippen LogP contribution in [0.3, 0.4) is 0 Å². The van der Waals surface area contributed by atoms with E-state index in [1.54, 1.807) is 29.2 Å². The van der Waals surface area contributed by atoms with Gasteiger partial charge in [0.15, 0.2) is 0 Å². The molecule has 0 aliphatic carbocycles. The number of benzene rings is 2. The van der Waals surface area contributed by atoms with Gasteiger partial charge in [-0.15, -0.1) is 0 Å². The molecule has 2 aromatic carbocycles. The van der Waals surface area contributed by atoms with Gasteiger partial charge in [0.05, 0.1) is 12.7 Å². The minimum Gasteiger partial charge on any atom is -0.496 e. The molecule has 2 aromatic rings. The number of fused-ring (bicyclic) bond motifs is 1. The smallest absolute Gasteiger partial charge is 0.255 e. The third kappa shape index (κ3) is 4.00. The fourth-order valence-corrected chi connectivity index (χ4v) is 3.74. The molecule has 2 amide bonds. The molecule has 0 aromatic heterocycles. The number of halogens is 1. The van der Waals surface area contributed by atoms with E-state index >= 15 is 0 Å². The van der Waals surface area contributed by atoms with Gasteiger partial charge < -0.3 is 15.0 Å². The highest BCUT2D eigenvalue weighted by molar-refractivity contribution is 9.10. The Morgan fingerprint density at radius 1 is 1.19 bits per heavy atom. The summed E-state index contributed by atoms with van der Waals surface area (Å²) in [6.45, 7) is 4.49. The maximum Gasteiger partial charge on any atom is 0.255 e. The number of carbonyl (C=O) groups excluding carboxylic acids is 2. The van der Waals surface area contributed by atoms with Gasteiger partial charge >= 0.3 is 0 Å². The van der Waals surface area contributed by atoms with E-state index in [4.69, 9.17) is 4.74 Å². The number of carbonyl (C=O) groups is 2. The highest BCUT2D eigenvalue weighted by Crippen LogP contribution is 2.31. The summed E-state index contributed by atoms with van der Waals surface area (Å²) in [4.78, 5) is 27.8. The molecule has 1 atom stereocenters. The molecular weight excluding hydrogens is 408 g/mol. The number of ether oxygens (including phenoxy) is 1. The molecule has 0 bridgehead atoms. The lowest BCUT2D eigenvalue weighted by atomic mass is 10.0. The van der Waals surface area contributed by atoms with Crippen molar-refractivity contribution in [2.75, 3.05) is 18.6 Å². The first-order chi connectivity index (χ1) is 12.9. The van der Waals surface area contributed by atoms with Crippen LogP contribution in [0.5, 0.6) is 5.75 Å². The lowest BCUT2D eigenvalue weighted by Gasteiger charge is -2.27. The SMILES string of the molecule is COc1ccccc1C(=O)NC(C(=O)N1CCc2cc(Br)ccc21)C(C)C. The molecule has 3 rings (SSSR count). The van der Waals surface area contributed by atoms with Crippen LogP contribution in [0.15, 0.2) is 46.9 Å². The van der Waals surface area contributed by atoms with Gasteiger partial charge in [0.1, 0.15) is 11.8 Å². The Morgan fingerprint density at radius 3 is 2.63 bits per heavy atom. The highest BCUT2D eigenvalue weighted by atomic mass is 79.9. The molecule has 0 saturated heterocycles. The van der Waals surface area contributed by atoms with E-state index in [0.29, 0.717) is 17.9 Å². The number of amides is 2. The van der Waals surface area contributed by atoms with Crippen LogP contribution < -0.4 is 15.0 Å². The molecular formula is C21H23BrN2O3. The van der Waals surface area contributed by atoms with E-state index in [1.807, 2.05) is 32.0 Å². The predicted molar refractivity (Wildman–Crippen MR) is 109 cm³/mol. The second-order valence-electron chi connectivity index (χ2n) is 6.91. The fraction of sp³-hybridized carbons (Fsp3) is 0.333. The van der Waals surface area contributed by atoms with Crippen molar-refractivity contribution in [1.29, 1.82) is 0 Å². The monoisotopic (exact) mass is 430 g/mol. The van der Waals surface area contributed by atoms with E-state index < -0.39 is 6.04 Å². The Labute approximate surface area is 167 Å². The van der Waals surface area contributed by atoms with Crippen LogP contribution in [0.25, 0.3) is 0 Å². The van der Waals surface area contributed by atoms with Crippen molar-refractivity contribution in [2.45, 2.75) is 26.3 Å². The van der Waals surface area contributed by atoms with Crippen molar-refractivity contribution >= 4 is 33.4 Å². The average Bonchev–Trinajstić information content (AvgIpc) is 3.08. The maximum absolute atomic E-state index is 13.2. The van der Waals surface area contributed by atoms with Gasteiger partial charge in [-0.1, -0.05) is 41.9 Å².